The van der Waals surface area contributed by atoms with Crippen LogP contribution in [0.1, 0.15) is 45.5 Å². The largest absolute Gasteiger partial charge is 0.507 e. The van der Waals surface area contributed by atoms with Gasteiger partial charge in [0.25, 0.3) is 0 Å². The lowest BCUT2D eigenvalue weighted by Gasteiger charge is -2.53. The number of aromatic hydroxyl groups is 1. The van der Waals surface area contributed by atoms with Gasteiger partial charge in [-0.3, -0.25) is 9.69 Å². The summed E-state index contributed by atoms with van der Waals surface area (Å²) >= 11 is 0. The number of hydrogen-bond donors (Lipinski definition) is 2. The van der Waals surface area contributed by atoms with Gasteiger partial charge in [-0.25, -0.2) is 0 Å². The Hall–Kier alpha value is -3.63. The van der Waals surface area contributed by atoms with E-state index in [4.69, 9.17) is 23.7 Å². The maximum absolute atomic E-state index is 14.1. The highest BCUT2D eigenvalue weighted by atomic mass is 16.7. The van der Waals surface area contributed by atoms with Crippen molar-refractivity contribution in [2.75, 3.05) is 41.8 Å². The van der Waals surface area contributed by atoms with E-state index in [9.17, 15) is 15.0 Å². The van der Waals surface area contributed by atoms with Crippen LogP contribution in [0.25, 0.3) is 6.08 Å². The molecule has 10 nitrogen and oxygen atoms in total. The minimum Gasteiger partial charge on any atom is -0.507 e. The number of phenols is 1. The Kier molecular flexibility index (Phi) is 5.26. The maximum Gasteiger partial charge on any atom is 0.245 e. The van der Waals surface area contributed by atoms with Crippen molar-refractivity contribution >= 4 is 12.0 Å². The minimum atomic E-state index is -0.759. The minimum absolute atomic E-state index is 0.00619. The van der Waals surface area contributed by atoms with Gasteiger partial charge in [-0.1, -0.05) is 0 Å². The third-order valence-electron chi connectivity index (χ3n) is 8.20. The van der Waals surface area contributed by atoms with Crippen molar-refractivity contribution in [3.8, 4) is 34.5 Å². The number of nitrogens with zero attached hydrogens (tertiary/aromatic N) is 2. The van der Waals surface area contributed by atoms with Gasteiger partial charge < -0.3 is 38.8 Å². The predicted octanol–water partition coefficient (Wildman–Crippen LogP) is 2.59. The predicted molar refractivity (Wildman–Crippen MR) is 132 cm³/mol. The van der Waals surface area contributed by atoms with Crippen molar-refractivity contribution in [1.29, 1.82) is 0 Å². The fourth-order valence-electron chi connectivity index (χ4n) is 6.58. The highest BCUT2D eigenvalue weighted by Crippen LogP contribution is 2.59. The lowest BCUT2D eigenvalue weighted by molar-refractivity contribution is -0.144. The molecule has 4 heterocycles. The molecule has 1 unspecified atom stereocenters. The number of ether oxygens (including phenoxy) is 5. The van der Waals surface area contributed by atoms with Crippen molar-refractivity contribution in [2.24, 2.45) is 0 Å². The molecule has 4 aliphatic heterocycles. The number of hydrogen-bond acceptors (Lipinski definition) is 9. The number of methoxy groups -OCH3 is 3. The number of carbonyl (C=O) groups is 1. The van der Waals surface area contributed by atoms with E-state index in [2.05, 4.69) is 0 Å². The molecule has 2 N–H and O–H groups in total. The lowest BCUT2D eigenvalue weighted by Crippen LogP contribution is -2.60. The Morgan fingerprint density at radius 3 is 2.32 bits per heavy atom. The molecular weight excluding hydrogens is 480 g/mol. The van der Waals surface area contributed by atoms with Crippen LogP contribution in [0.4, 0.5) is 0 Å². The number of piperazine rings is 1. The quantitative estimate of drug-likeness (QED) is 0.641. The number of aliphatic hydroxyl groups excluding tert-OH is 1. The molecule has 2 aromatic rings. The zero-order valence-electron chi connectivity index (χ0n) is 21.7. The number of benzene rings is 2. The Bertz CT molecular complexity index is 1380. The van der Waals surface area contributed by atoms with Crippen LogP contribution in [-0.2, 0) is 11.2 Å². The van der Waals surface area contributed by atoms with Gasteiger partial charge in [-0.05, 0) is 27.0 Å². The Morgan fingerprint density at radius 1 is 1.00 bits per heavy atom. The molecule has 0 radical (unpaired) electrons. The summed E-state index contributed by atoms with van der Waals surface area (Å²) in [7, 11) is 6.70. The summed E-state index contributed by atoms with van der Waals surface area (Å²) in [4.78, 5) is 17.7. The topological polar surface area (TPSA) is 110 Å². The SMILES string of the molecule is COc1c(C)c(OC)c(OC)c2c1C[C@H]1C(=O)N3C(=Cc4c(O)c(C)c5c(c4[C@@H]3CO)OCO5)C2N1C. The number of rotatable bonds is 4. The average molecular weight is 511 g/mol. The molecule has 2 aromatic carbocycles. The Morgan fingerprint density at radius 2 is 1.68 bits per heavy atom. The van der Waals surface area contributed by atoms with Crippen LogP contribution in [0, 0.1) is 13.8 Å². The molecule has 37 heavy (non-hydrogen) atoms. The first-order valence-electron chi connectivity index (χ1n) is 12.1. The fourth-order valence-corrected chi connectivity index (χ4v) is 6.58. The Labute approximate surface area is 214 Å². The maximum atomic E-state index is 14.1. The average Bonchev–Trinajstić information content (AvgIpc) is 3.38. The summed E-state index contributed by atoms with van der Waals surface area (Å²) in [6.07, 6.45) is 2.21. The van der Waals surface area contributed by atoms with Crippen LogP contribution in [-0.4, -0.2) is 73.7 Å². The van der Waals surface area contributed by atoms with Crippen LogP contribution in [0.2, 0.25) is 0 Å². The molecule has 0 spiro atoms. The van der Waals surface area contributed by atoms with E-state index in [0.29, 0.717) is 57.6 Å². The summed E-state index contributed by atoms with van der Waals surface area (Å²) in [5.74, 6) is 2.56. The van der Waals surface area contributed by atoms with Gasteiger partial charge in [0, 0.05) is 45.5 Å². The number of fused-ring (bicyclic) bond motifs is 9. The van der Waals surface area contributed by atoms with Crippen LogP contribution < -0.4 is 23.7 Å². The van der Waals surface area contributed by atoms with Gasteiger partial charge in [0.1, 0.15) is 11.5 Å². The first-order chi connectivity index (χ1) is 17.8. The number of phenolic OH excluding ortho intramolecular Hbond substituents is 1. The van der Waals surface area contributed by atoms with E-state index in [0.717, 1.165) is 16.7 Å². The zero-order valence-corrected chi connectivity index (χ0v) is 21.7. The fraction of sp³-hybridized carbons (Fsp3) is 0.444. The van der Waals surface area contributed by atoms with Gasteiger partial charge in [0.15, 0.2) is 23.0 Å². The standard InChI is InChI=1S/C27H30N2O8/c1-11-21(31)13-7-15-20-19-14(22(33-4)12(2)23(34-5)25(19)35-6)8-16(28(20)3)27(32)29(15)17(9-30)18(13)26-24(11)36-10-37-26/h7,16-17,20,30-31H,8-10H2,1-6H3/t16-,17-,20?/m0/s1. The summed E-state index contributed by atoms with van der Waals surface area (Å²) in [5, 5.41) is 21.9. The second-order valence-electron chi connectivity index (χ2n) is 9.75. The first-order valence-corrected chi connectivity index (χ1v) is 12.1. The lowest BCUT2D eigenvalue weighted by atomic mass is 9.77. The molecule has 6 rings (SSSR count). The second-order valence-corrected chi connectivity index (χ2v) is 9.75. The molecule has 3 atom stereocenters. The summed E-state index contributed by atoms with van der Waals surface area (Å²) in [6.45, 7) is 3.31. The summed E-state index contributed by atoms with van der Waals surface area (Å²) < 4.78 is 28.9. The van der Waals surface area contributed by atoms with Crippen LogP contribution in [0.15, 0.2) is 5.70 Å². The van der Waals surface area contributed by atoms with Crippen molar-refractivity contribution < 1.29 is 38.7 Å². The smallest absolute Gasteiger partial charge is 0.245 e. The third kappa shape index (κ3) is 2.85. The zero-order chi connectivity index (χ0) is 26.3. The molecular formula is C27H30N2O8. The third-order valence-corrected chi connectivity index (χ3v) is 8.20. The second kappa shape index (κ2) is 8.19. The van der Waals surface area contributed by atoms with E-state index in [-0.39, 0.29) is 25.1 Å². The van der Waals surface area contributed by atoms with E-state index < -0.39 is 18.1 Å². The molecule has 1 saturated heterocycles. The van der Waals surface area contributed by atoms with Crippen molar-refractivity contribution in [3.05, 3.63) is 39.1 Å². The van der Waals surface area contributed by atoms with Gasteiger partial charge in [-0.15, -0.1) is 0 Å². The number of aliphatic hydroxyl groups is 1. The molecule has 196 valence electrons. The molecule has 4 aliphatic rings. The highest BCUT2D eigenvalue weighted by molar-refractivity contribution is 5.91. The molecule has 2 bridgehead atoms. The molecule has 1 amide bonds. The van der Waals surface area contributed by atoms with Crippen LogP contribution in [0.5, 0.6) is 34.5 Å². The van der Waals surface area contributed by atoms with Crippen molar-refractivity contribution in [2.45, 2.75) is 38.4 Å². The van der Waals surface area contributed by atoms with E-state index in [1.165, 1.54) is 0 Å². The van der Waals surface area contributed by atoms with E-state index in [1.54, 1.807) is 33.2 Å². The monoisotopic (exact) mass is 510 g/mol. The number of carbonyl (C=O) groups excluding carboxylic acids is 1. The van der Waals surface area contributed by atoms with Gasteiger partial charge in [0.05, 0.1) is 46.1 Å². The highest BCUT2D eigenvalue weighted by Gasteiger charge is 2.53. The van der Waals surface area contributed by atoms with Gasteiger partial charge in [0.2, 0.25) is 12.7 Å². The first kappa shape index (κ1) is 23.7. The normalized spacial score (nSPS) is 23.2. The molecule has 0 aliphatic carbocycles. The van der Waals surface area contributed by atoms with E-state index in [1.807, 2.05) is 24.9 Å². The van der Waals surface area contributed by atoms with E-state index >= 15 is 0 Å². The van der Waals surface area contributed by atoms with Crippen molar-refractivity contribution in [1.82, 2.24) is 9.80 Å². The van der Waals surface area contributed by atoms with Gasteiger partial charge in [-0.2, -0.15) is 0 Å². The van der Waals surface area contributed by atoms with Gasteiger partial charge >= 0.3 is 0 Å². The van der Waals surface area contributed by atoms with Crippen molar-refractivity contribution in [3.63, 3.8) is 0 Å². The molecule has 0 aromatic heterocycles. The number of amides is 1. The molecule has 1 fully saturated rings. The molecule has 0 saturated carbocycles. The van der Waals surface area contributed by atoms with Crippen LogP contribution in [0.3, 0.4) is 0 Å². The van der Waals surface area contributed by atoms with Crippen LogP contribution >= 0.6 is 0 Å². The summed E-state index contributed by atoms with van der Waals surface area (Å²) in [5.41, 5.74) is 4.73. The molecule has 10 heteroatoms. The Balaban J connectivity index is 1.69. The number of likely N-dealkylation sites (N-methyl/N-ethyl adjacent to an activating group) is 1. The summed E-state index contributed by atoms with van der Waals surface area (Å²) in [6, 6.07) is -1.69.